The van der Waals surface area contributed by atoms with Gasteiger partial charge in [-0.2, -0.15) is 5.26 Å². The Hall–Kier alpha value is -3.09. The molecule has 43 heavy (non-hydrogen) atoms. The highest BCUT2D eigenvalue weighted by molar-refractivity contribution is 6.44. The van der Waals surface area contributed by atoms with E-state index < -0.39 is 0 Å². The maximum Gasteiger partial charge on any atom is 0.226 e. The summed E-state index contributed by atoms with van der Waals surface area (Å²) in [6.07, 6.45) is 3.71. The molecular formula is C33H34Cl2FN5O2. The van der Waals surface area contributed by atoms with Crippen molar-refractivity contribution in [3.05, 3.63) is 51.4 Å². The molecule has 4 aromatic rings. The zero-order chi connectivity index (χ0) is 30.2. The summed E-state index contributed by atoms with van der Waals surface area (Å²) < 4.78 is 25.2. The number of likely N-dealkylation sites (tertiary alicyclic amines) is 1. The largest absolute Gasteiger partial charge is 0.508 e. The molecule has 0 amide bonds. The molecule has 7 nitrogen and oxygen atoms in total. The van der Waals surface area contributed by atoms with E-state index in [4.69, 9.17) is 32.9 Å². The molecule has 224 valence electrons. The molecule has 5 atom stereocenters. The summed E-state index contributed by atoms with van der Waals surface area (Å²) in [5, 5.41) is 25.2. The van der Waals surface area contributed by atoms with Gasteiger partial charge in [0.25, 0.3) is 0 Å². The monoisotopic (exact) mass is 621 g/mol. The van der Waals surface area contributed by atoms with Crippen LogP contribution in [0, 0.1) is 30.0 Å². The van der Waals surface area contributed by atoms with Crippen LogP contribution in [0.5, 0.6) is 11.6 Å². The molecule has 1 unspecified atom stereocenters. The number of benzene rings is 2. The van der Waals surface area contributed by atoms with Gasteiger partial charge >= 0.3 is 0 Å². The lowest BCUT2D eigenvalue weighted by Crippen LogP contribution is -2.39. The molecule has 0 radical (unpaired) electrons. The van der Waals surface area contributed by atoms with Gasteiger partial charge in [-0.1, -0.05) is 23.2 Å². The third kappa shape index (κ3) is 4.55. The highest BCUT2D eigenvalue weighted by atomic mass is 35.5. The molecule has 3 saturated heterocycles. The first kappa shape index (κ1) is 28.7. The Labute approximate surface area is 260 Å². The first-order valence-corrected chi connectivity index (χ1v) is 15.8. The predicted molar refractivity (Wildman–Crippen MR) is 168 cm³/mol. The second kappa shape index (κ2) is 10.8. The molecule has 1 saturated carbocycles. The number of phenolic OH excluding ortho intramolecular Hbond substituents is 1. The van der Waals surface area contributed by atoms with Crippen LogP contribution in [0.3, 0.4) is 0 Å². The predicted octanol–water partition coefficient (Wildman–Crippen LogP) is 7.17. The van der Waals surface area contributed by atoms with E-state index in [0.29, 0.717) is 51.1 Å². The number of ether oxygens (including phenoxy) is 1. The van der Waals surface area contributed by atoms with E-state index in [9.17, 15) is 10.4 Å². The summed E-state index contributed by atoms with van der Waals surface area (Å²) in [4.78, 5) is 7.27. The van der Waals surface area contributed by atoms with Gasteiger partial charge in [-0.3, -0.25) is 4.90 Å². The van der Waals surface area contributed by atoms with Gasteiger partial charge in [-0.05, 0) is 88.4 Å². The fraction of sp³-hybridized carbons (Fsp3) is 0.455. The lowest BCUT2D eigenvalue weighted by Gasteiger charge is -2.37. The number of pyridine rings is 1. The molecule has 2 aromatic carbocycles. The van der Waals surface area contributed by atoms with E-state index in [1.165, 1.54) is 6.07 Å². The van der Waals surface area contributed by atoms with Gasteiger partial charge in [0.2, 0.25) is 5.88 Å². The summed E-state index contributed by atoms with van der Waals surface area (Å²) >= 11 is 13.1. The van der Waals surface area contributed by atoms with Crippen molar-refractivity contribution in [2.24, 2.45) is 5.92 Å². The number of aromatic nitrogens is 2. The van der Waals surface area contributed by atoms with Gasteiger partial charge in [0.15, 0.2) is 5.82 Å². The first-order chi connectivity index (χ1) is 20.7. The van der Waals surface area contributed by atoms with Crippen LogP contribution in [0.25, 0.3) is 32.9 Å². The number of phenols is 1. The Bertz CT molecular complexity index is 1800. The van der Waals surface area contributed by atoms with Crippen LogP contribution >= 0.6 is 23.2 Å². The summed E-state index contributed by atoms with van der Waals surface area (Å²) in [7, 11) is 2.10. The molecule has 8 rings (SSSR count). The van der Waals surface area contributed by atoms with Crippen LogP contribution in [0.1, 0.15) is 49.9 Å². The van der Waals surface area contributed by atoms with Crippen molar-refractivity contribution in [2.75, 3.05) is 20.1 Å². The van der Waals surface area contributed by atoms with Crippen molar-refractivity contribution in [3.8, 4) is 28.8 Å². The van der Waals surface area contributed by atoms with Gasteiger partial charge in [-0.15, -0.1) is 0 Å². The fourth-order valence-electron chi connectivity index (χ4n) is 7.72. The number of nitrogens with zero attached hydrogens (tertiary/aromatic N) is 4. The number of aryl methyl sites for hydroxylation is 1. The number of hydrogen-bond donors (Lipinski definition) is 2. The molecule has 5 heterocycles. The highest BCUT2D eigenvalue weighted by Gasteiger charge is 2.49. The molecular weight excluding hydrogens is 588 g/mol. The quantitative estimate of drug-likeness (QED) is 0.227. The van der Waals surface area contributed by atoms with Crippen molar-refractivity contribution >= 4 is 45.0 Å². The minimum Gasteiger partial charge on any atom is -0.508 e. The Kier molecular flexibility index (Phi) is 7.21. The zero-order valence-corrected chi connectivity index (χ0v) is 25.9. The van der Waals surface area contributed by atoms with Crippen molar-refractivity contribution in [1.82, 2.24) is 19.8 Å². The first-order valence-electron chi connectivity index (χ1n) is 15.0. The molecule has 4 aliphatic rings. The average Bonchev–Trinajstić information content (AvgIpc) is 3.76. The van der Waals surface area contributed by atoms with Gasteiger partial charge in [-0.25, -0.2) is 9.37 Å². The molecule has 2 aromatic heterocycles. The molecule has 0 spiro atoms. The topological polar surface area (TPSA) is 86.3 Å². The number of hydrogen-bond acceptors (Lipinski definition) is 6. The number of nitriles is 1. The second-order valence-corrected chi connectivity index (χ2v) is 13.2. The van der Waals surface area contributed by atoms with E-state index in [-0.39, 0.29) is 47.1 Å². The van der Waals surface area contributed by atoms with Crippen LogP contribution in [-0.2, 0) is 6.42 Å². The van der Waals surface area contributed by atoms with Gasteiger partial charge in [0.05, 0.1) is 44.3 Å². The van der Waals surface area contributed by atoms with Crippen LogP contribution < -0.4 is 10.1 Å². The van der Waals surface area contributed by atoms with Crippen LogP contribution in [0.2, 0.25) is 10.0 Å². The second-order valence-electron chi connectivity index (χ2n) is 12.4. The Morgan fingerprint density at radius 1 is 1.26 bits per heavy atom. The van der Waals surface area contributed by atoms with Crippen molar-refractivity contribution < 1.29 is 14.2 Å². The van der Waals surface area contributed by atoms with Crippen LogP contribution in [0.15, 0.2) is 24.3 Å². The van der Waals surface area contributed by atoms with E-state index in [1.54, 1.807) is 6.07 Å². The normalized spacial score (nSPS) is 24.0. The summed E-state index contributed by atoms with van der Waals surface area (Å²) in [5.41, 5.74) is 4.08. The maximum atomic E-state index is 16.4. The van der Waals surface area contributed by atoms with E-state index in [2.05, 4.69) is 27.9 Å². The lowest BCUT2D eigenvalue weighted by atomic mass is 9.79. The third-order valence-corrected chi connectivity index (χ3v) is 10.7. The van der Waals surface area contributed by atoms with Crippen molar-refractivity contribution in [2.45, 2.75) is 70.2 Å². The average molecular weight is 623 g/mol. The summed E-state index contributed by atoms with van der Waals surface area (Å²) in [6.45, 7) is 5.80. The van der Waals surface area contributed by atoms with E-state index >= 15 is 4.39 Å². The maximum absolute atomic E-state index is 16.4. The number of aromatic hydroxyl groups is 1. The number of nitrogens with one attached hydrogen (secondary N) is 1. The Balaban J connectivity index is 1.51. The van der Waals surface area contributed by atoms with Crippen molar-refractivity contribution in [1.29, 1.82) is 5.26 Å². The van der Waals surface area contributed by atoms with Crippen molar-refractivity contribution in [3.63, 3.8) is 0 Å². The van der Waals surface area contributed by atoms with Crippen LogP contribution in [-0.4, -0.2) is 57.9 Å². The van der Waals surface area contributed by atoms with Crippen LogP contribution in [0.4, 0.5) is 4.39 Å². The van der Waals surface area contributed by atoms with Gasteiger partial charge in [0.1, 0.15) is 11.9 Å². The molecule has 2 N–H and O–H groups in total. The highest BCUT2D eigenvalue weighted by Crippen LogP contribution is 2.50. The fourth-order valence-corrected chi connectivity index (χ4v) is 8.14. The number of fused-ring (bicyclic) bond motifs is 4. The van der Waals surface area contributed by atoms with E-state index in [0.717, 1.165) is 48.8 Å². The Morgan fingerprint density at radius 3 is 2.74 bits per heavy atom. The minimum absolute atomic E-state index is 0.0165. The summed E-state index contributed by atoms with van der Waals surface area (Å²) in [6, 6.07) is 9.78. The van der Waals surface area contributed by atoms with Gasteiger partial charge in [0, 0.05) is 42.1 Å². The summed E-state index contributed by atoms with van der Waals surface area (Å²) in [5.74, 6) is 0.397. The zero-order valence-electron chi connectivity index (χ0n) is 24.4. The third-order valence-electron chi connectivity index (χ3n) is 9.91. The molecule has 3 aliphatic heterocycles. The Morgan fingerprint density at radius 2 is 2.07 bits per heavy atom. The SMILES string of the molecule is Cc1c(F)c2c(O[C@@H](C)C3CCCN3C)nc3cc(-c4cc(O)cc(Cl)c4Cl)c(CCC#N)cc3c2n1[C@H]1[C@H]2CN[C@@H]1C2. The number of rotatable bonds is 7. The minimum atomic E-state index is -0.303. The standard InChI is InChI=1S/C33H34Cl2FN5O2/c1-16-30(36)28-32(41(16)31-19-11-26(31)38-15-19)23-10-18(6-4-8-37)21(22-12-20(42)13-24(34)29(22)35)14-25(23)39-33(28)43-17(2)27-7-5-9-40(27)3/h10,12-14,17,19,26-27,31,38,42H,4-7,9,11,15H2,1-3H3/t17-,19+,26+,27?,31-/m0/s1. The molecule has 10 heteroatoms. The number of halogens is 3. The van der Waals surface area contributed by atoms with Gasteiger partial charge < -0.3 is 19.7 Å². The smallest absolute Gasteiger partial charge is 0.226 e. The van der Waals surface area contributed by atoms with E-state index in [1.807, 2.05) is 26.0 Å². The number of likely N-dealkylation sites (N-methyl/N-ethyl adjacent to an activating group) is 1. The lowest BCUT2D eigenvalue weighted by molar-refractivity contribution is 0.119. The molecule has 2 bridgehead atoms. The molecule has 4 fully saturated rings. The molecule has 1 aliphatic carbocycles.